The number of hydrogen-bond acceptors (Lipinski definition) is 7. The zero-order valence-corrected chi connectivity index (χ0v) is 46.1. The molecule has 5 saturated heterocycles. The van der Waals surface area contributed by atoms with Crippen molar-refractivity contribution in [3.05, 3.63) is 119 Å². The van der Waals surface area contributed by atoms with Crippen molar-refractivity contribution in [2.45, 2.75) is 89.9 Å². The Kier molecular flexibility index (Phi) is 24.1. The quantitative estimate of drug-likeness (QED) is 0.157. The van der Waals surface area contributed by atoms with Crippen LogP contribution in [0.5, 0.6) is 0 Å². The van der Waals surface area contributed by atoms with Gasteiger partial charge >= 0.3 is 24.4 Å². The molecule has 0 aliphatic carbocycles. The Morgan fingerprint density at radius 3 is 1.25 bits per heavy atom. The molecule has 0 bridgehead atoms. The van der Waals surface area contributed by atoms with Gasteiger partial charge in [0.15, 0.2) is 0 Å². The minimum Gasteiger partial charge on any atom is -0.381 e. The molecular formula is C58H80F6N8O5S2. The first-order valence-corrected chi connectivity index (χ1v) is 25.9. The molecular weight excluding hydrogens is 1070 g/mol. The third-order valence-electron chi connectivity index (χ3n) is 15.8. The molecule has 436 valence electrons. The van der Waals surface area contributed by atoms with Gasteiger partial charge in [0.2, 0.25) is 0 Å². The molecule has 6 amide bonds. The second-order valence-corrected chi connectivity index (χ2v) is 20.6. The number of alkyl halides is 6. The largest absolute Gasteiger partial charge is 0.416 e. The summed E-state index contributed by atoms with van der Waals surface area (Å²) in [4.78, 5) is 65.6. The van der Waals surface area contributed by atoms with Gasteiger partial charge in [-0.15, -0.1) is 0 Å². The first kappa shape index (κ1) is 66.0. The van der Waals surface area contributed by atoms with Crippen LogP contribution in [0.4, 0.5) is 35.9 Å². The Bertz CT molecular complexity index is 2590. The van der Waals surface area contributed by atoms with Gasteiger partial charge in [-0.3, -0.25) is 9.59 Å². The normalized spacial score (nSPS) is 20.3. The van der Waals surface area contributed by atoms with E-state index in [1.54, 1.807) is 82.2 Å². The lowest BCUT2D eigenvalue weighted by molar-refractivity contribution is -0.138. The average Bonchev–Trinajstić information content (AvgIpc) is 4.31. The predicted octanol–water partition coefficient (Wildman–Crippen LogP) is 10.5. The molecule has 4 aromatic carbocycles. The van der Waals surface area contributed by atoms with Crippen LogP contribution in [-0.4, -0.2) is 183 Å². The summed E-state index contributed by atoms with van der Waals surface area (Å²) in [5.74, 6) is 0.389. The molecule has 13 nitrogen and oxygen atoms in total. The van der Waals surface area contributed by atoms with E-state index in [1.807, 2.05) is 23.9 Å². The van der Waals surface area contributed by atoms with Gasteiger partial charge in [0, 0.05) is 117 Å². The molecule has 0 unspecified atom stereocenters. The van der Waals surface area contributed by atoms with E-state index in [-0.39, 0.29) is 89.9 Å². The van der Waals surface area contributed by atoms with E-state index in [1.165, 1.54) is 24.3 Å². The number of halogens is 6. The van der Waals surface area contributed by atoms with Crippen molar-refractivity contribution in [1.82, 2.24) is 39.6 Å². The topological polar surface area (TPSA) is 112 Å². The number of carbonyl (C=O) groups is 4. The number of benzene rings is 4. The summed E-state index contributed by atoms with van der Waals surface area (Å²) in [6.07, 6.45) is -3.17. The van der Waals surface area contributed by atoms with E-state index >= 15 is 0 Å². The molecule has 5 aliphatic heterocycles. The minimum atomic E-state index is -4.38. The molecule has 0 spiro atoms. The zero-order valence-electron chi connectivity index (χ0n) is 44.1. The van der Waals surface area contributed by atoms with Crippen LogP contribution >= 0.6 is 27.0 Å². The summed E-state index contributed by atoms with van der Waals surface area (Å²) >= 11 is 0. The minimum absolute atomic E-state index is 0. The van der Waals surface area contributed by atoms with Crippen molar-refractivity contribution >= 4 is 50.9 Å². The van der Waals surface area contributed by atoms with Crippen molar-refractivity contribution in [3.63, 3.8) is 0 Å². The maximum atomic E-state index is 13.3. The van der Waals surface area contributed by atoms with E-state index in [2.05, 4.69) is 10.2 Å². The number of rotatable bonds is 10. The first-order valence-electron chi connectivity index (χ1n) is 25.9. The van der Waals surface area contributed by atoms with Crippen molar-refractivity contribution in [2.24, 2.45) is 5.92 Å². The number of nitrogens with zero attached hydrogens (tertiary/aromatic N) is 7. The number of likely N-dealkylation sites (N-methyl/N-ethyl adjacent to an activating group) is 4. The smallest absolute Gasteiger partial charge is 0.381 e. The van der Waals surface area contributed by atoms with Gasteiger partial charge in [-0.2, -0.15) is 53.3 Å². The van der Waals surface area contributed by atoms with Crippen molar-refractivity contribution in [1.29, 1.82) is 0 Å². The van der Waals surface area contributed by atoms with Crippen LogP contribution < -0.4 is 5.32 Å². The average molecular weight is 1150 g/mol. The fourth-order valence-electron chi connectivity index (χ4n) is 10.8. The van der Waals surface area contributed by atoms with Crippen LogP contribution in [0.25, 0.3) is 22.3 Å². The number of carbonyl (C=O) groups excluding carboxylic acids is 4. The van der Waals surface area contributed by atoms with E-state index < -0.39 is 23.5 Å². The molecule has 5 heterocycles. The summed E-state index contributed by atoms with van der Waals surface area (Å²) in [5.41, 5.74) is 2.37. The predicted molar refractivity (Wildman–Crippen MR) is 308 cm³/mol. The van der Waals surface area contributed by atoms with Gasteiger partial charge in [-0.05, 0) is 122 Å². The number of amides is 6. The molecule has 5 fully saturated rings. The summed E-state index contributed by atoms with van der Waals surface area (Å²) in [7, 11) is 7.24. The molecule has 4 aromatic rings. The highest BCUT2D eigenvalue weighted by Crippen LogP contribution is 2.33. The maximum Gasteiger partial charge on any atom is 0.416 e. The maximum absolute atomic E-state index is 13.3. The van der Waals surface area contributed by atoms with Crippen LogP contribution in [0.15, 0.2) is 97.1 Å². The lowest BCUT2D eigenvalue weighted by Crippen LogP contribution is -2.47. The van der Waals surface area contributed by atoms with Gasteiger partial charge in [-0.1, -0.05) is 63.4 Å². The lowest BCUT2D eigenvalue weighted by Gasteiger charge is -2.31. The van der Waals surface area contributed by atoms with E-state index in [0.29, 0.717) is 67.2 Å². The van der Waals surface area contributed by atoms with Crippen molar-refractivity contribution < 1.29 is 50.3 Å². The Labute approximate surface area is 476 Å². The standard InChI is InChI=1S/C31H39F3N4O3.C25H29F3N4O2.2CH4.2H2S/c1-35(29(39)25-5-3-23(4-6-25)24-7-9-26(10-8-24)31(32,33)34)28-12-16-38(21-28)30(40)36(2)27-11-15-37(20-27)19-22-13-17-41-18-14-22;1-30(22-12-14-32(16-22)24(34)31(2)21-11-13-29-15-21)23(33)19-5-3-17(4-6-19)18-7-9-20(10-8-18)25(26,27)28;;;;/h3-10,22,27-28H,11-21H2,1-2H3;3-10,21-22,29H,11-16H2,1-2H3;2*1H4;2*1H2/t27-,28+;21-,22+;;;;/m11..../s1. The van der Waals surface area contributed by atoms with Crippen LogP contribution in [-0.2, 0) is 17.1 Å². The number of hydrogen-bond donors (Lipinski definition) is 1. The molecule has 21 heteroatoms. The summed E-state index contributed by atoms with van der Waals surface area (Å²) in [6, 6.07) is 23.9. The van der Waals surface area contributed by atoms with Crippen LogP contribution in [0, 0.1) is 5.92 Å². The van der Waals surface area contributed by atoms with Crippen molar-refractivity contribution in [2.75, 3.05) is 100 Å². The molecule has 9 rings (SSSR count). The highest BCUT2D eigenvalue weighted by molar-refractivity contribution is 7.59. The van der Waals surface area contributed by atoms with Crippen molar-refractivity contribution in [3.8, 4) is 22.3 Å². The zero-order chi connectivity index (χ0) is 53.6. The lowest BCUT2D eigenvalue weighted by atomic mass is 10.00. The fourth-order valence-corrected chi connectivity index (χ4v) is 10.8. The highest BCUT2D eigenvalue weighted by atomic mass is 32.1. The molecule has 4 atom stereocenters. The molecule has 79 heavy (non-hydrogen) atoms. The van der Waals surface area contributed by atoms with Gasteiger partial charge in [0.05, 0.1) is 23.2 Å². The molecule has 1 N–H and O–H groups in total. The van der Waals surface area contributed by atoms with E-state index in [4.69, 9.17) is 4.74 Å². The van der Waals surface area contributed by atoms with E-state index in [0.717, 1.165) is 107 Å². The first-order chi connectivity index (χ1) is 35.7. The Hall–Kier alpha value is -5.48. The fraction of sp³-hybridized carbons (Fsp3) is 0.517. The third-order valence-corrected chi connectivity index (χ3v) is 15.8. The van der Waals surface area contributed by atoms with Gasteiger partial charge in [0.1, 0.15) is 0 Å². The SMILES string of the molecule is C.C.CN(C(=O)c1ccc(-c2ccc(C(F)(F)F)cc2)cc1)[C@H]1CCN(C(=O)N(C)[C@@H]2CCN(CC3CCOCC3)C2)C1.CN(C(=O)c1ccc(-c2ccc(C(F)(F)F)cc2)cc1)[C@H]1CCN(C(=O)N(C)[C@@H]2CCNC2)C1.S.S. The van der Waals surface area contributed by atoms with Crippen LogP contribution in [0.2, 0.25) is 0 Å². The number of nitrogens with one attached hydrogen (secondary N) is 1. The van der Waals surface area contributed by atoms with Crippen LogP contribution in [0.3, 0.4) is 0 Å². The van der Waals surface area contributed by atoms with Crippen LogP contribution in [0.1, 0.15) is 85.2 Å². The second kappa shape index (κ2) is 28.8. The second-order valence-electron chi connectivity index (χ2n) is 20.6. The Morgan fingerprint density at radius 1 is 0.506 bits per heavy atom. The number of ether oxygens (including phenoxy) is 1. The number of likely N-dealkylation sites (tertiary alicyclic amines) is 3. The monoisotopic (exact) mass is 1150 g/mol. The molecule has 0 aromatic heterocycles. The third kappa shape index (κ3) is 16.3. The Morgan fingerprint density at radius 2 is 0.873 bits per heavy atom. The highest BCUT2D eigenvalue weighted by Gasteiger charge is 2.38. The summed E-state index contributed by atoms with van der Waals surface area (Å²) < 4.78 is 82.4. The number of urea groups is 2. The summed E-state index contributed by atoms with van der Waals surface area (Å²) in [6.45, 7) is 8.61. The van der Waals surface area contributed by atoms with E-state index in [9.17, 15) is 45.5 Å². The molecule has 5 aliphatic rings. The Balaban J connectivity index is 0.000000329. The van der Waals surface area contributed by atoms with Gasteiger partial charge < -0.3 is 44.4 Å². The molecule has 0 radical (unpaired) electrons. The van der Waals surface area contributed by atoms with Gasteiger partial charge in [-0.25, -0.2) is 9.59 Å². The van der Waals surface area contributed by atoms with Gasteiger partial charge in [0.25, 0.3) is 11.8 Å². The molecule has 0 saturated carbocycles. The summed E-state index contributed by atoms with van der Waals surface area (Å²) in [5, 5.41) is 3.27.